The third kappa shape index (κ3) is 26.1. The van der Waals surface area contributed by atoms with Crippen LogP contribution in [0, 0.1) is 66.3 Å². The molecule has 5 nitrogen and oxygen atoms in total. The first-order valence-electron chi connectivity index (χ1n) is 39.9. The zero-order valence-corrected chi connectivity index (χ0v) is 79.8. The topological polar surface area (TPSA) is 64.5 Å². The minimum absolute atomic E-state index is 0. The number of halogens is 8. The van der Waals surface area contributed by atoms with Crippen LogP contribution in [-0.2, 0) is 139 Å². The number of hydrogen-bond acceptors (Lipinski definition) is 5. The maximum absolute atomic E-state index is 15.3. The molecule has 5 aromatic heterocycles. The molecule has 16 aromatic rings. The van der Waals surface area contributed by atoms with Crippen molar-refractivity contribution in [3.63, 3.8) is 0 Å². The van der Waals surface area contributed by atoms with Gasteiger partial charge in [-0.15, -0.1) is 130 Å². The number of nitrogens with zero attached hydrogens (tertiary/aromatic N) is 5. The molecule has 0 aliphatic rings. The summed E-state index contributed by atoms with van der Waals surface area (Å²) in [6, 6.07) is 83.1. The van der Waals surface area contributed by atoms with E-state index in [4.69, 9.17) is 0 Å². The minimum atomic E-state index is -4.41. The number of hydrogen-bond donors (Lipinski definition) is 0. The molecular formula is C103H90F8Ir5N5-5. The molecule has 0 atom stereocenters. The van der Waals surface area contributed by atoms with Gasteiger partial charge in [0, 0.05) is 149 Å². The van der Waals surface area contributed by atoms with Crippen LogP contribution in [0.15, 0.2) is 255 Å². The van der Waals surface area contributed by atoms with Crippen LogP contribution in [-0.4, -0.2) is 24.9 Å². The Balaban J connectivity index is 0.000000207. The summed E-state index contributed by atoms with van der Waals surface area (Å²) in [5.74, 6) is -1.31. The average molecular weight is 2510 g/mol. The summed E-state index contributed by atoms with van der Waals surface area (Å²) in [6.07, 6.45) is 18.8. The van der Waals surface area contributed by atoms with Crippen molar-refractivity contribution < 1.29 is 136 Å². The average Bonchev–Trinajstić information content (AvgIpc) is 0.810. The molecule has 0 bridgehead atoms. The number of fused-ring (bicyclic) bond motifs is 5. The van der Waals surface area contributed by atoms with Gasteiger partial charge in [-0.25, -0.2) is 13.2 Å². The molecule has 18 heteroatoms. The Morgan fingerprint density at radius 1 is 0.322 bits per heavy atom. The summed E-state index contributed by atoms with van der Waals surface area (Å²) < 4.78 is 110. The molecule has 633 valence electrons. The quantitative estimate of drug-likeness (QED) is 0.0407. The maximum atomic E-state index is 15.3. The van der Waals surface area contributed by atoms with Crippen LogP contribution in [0.1, 0.15) is 138 Å². The van der Waals surface area contributed by atoms with Crippen LogP contribution in [0.3, 0.4) is 0 Å². The van der Waals surface area contributed by atoms with E-state index in [9.17, 15) is 30.7 Å². The van der Waals surface area contributed by atoms with Gasteiger partial charge in [-0.3, -0.25) is 8.78 Å². The molecule has 0 amide bonds. The number of rotatable bonds is 21. The van der Waals surface area contributed by atoms with E-state index < -0.39 is 11.7 Å². The summed E-state index contributed by atoms with van der Waals surface area (Å²) in [5.41, 5.74) is 13.4. The largest absolute Gasteiger partial charge is 0.381 e. The van der Waals surface area contributed by atoms with Crippen molar-refractivity contribution in [3.05, 3.63) is 354 Å². The Kier molecular flexibility index (Phi) is 40.1. The van der Waals surface area contributed by atoms with Crippen molar-refractivity contribution in [2.24, 2.45) is 0 Å². The fraction of sp³-hybridized carbons (Fsp3) is 0.214. The van der Waals surface area contributed by atoms with Crippen LogP contribution < -0.4 is 0 Å². The first kappa shape index (κ1) is 99.3. The zero-order chi connectivity index (χ0) is 81.5. The van der Waals surface area contributed by atoms with E-state index in [1.165, 1.54) is 95.7 Å². The van der Waals surface area contributed by atoms with Crippen molar-refractivity contribution in [3.8, 4) is 67.4 Å². The van der Waals surface area contributed by atoms with E-state index in [2.05, 4.69) is 144 Å². The van der Waals surface area contributed by atoms with E-state index in [-0.39, 0.29) is 135 Å². The second-order valence-corrected chi connectivity index (χ2v) is 28.8. The van der Waals surface area contributed by atoms with Gasteiger partial charge in [0.2, 0.25) is 0 Å². The van der Waals surface area contributed by atoms with Crippen molar-refractivity contribution in [1.82, 2.24) is 24.9 Å². The Morgan fingerprint density at radius 3 is 1.33 bits per heavy atom. The van der Waals surface area contributed by atoms with E-state index in [1.54, 1.807) is 73.2 Å². The van der Waals surface area contributed by atoms with Crippen LogP contribution in [0.25, 0.3) is 121 Å². The van der Waals surface area contributed by atoms with Gasteiger partial charge in [-0.05, 0) is 180 Å². The maximum Gasteiger partial charge on any atom is 0.381 e. The van der Waals surface area contributed by atoms with Crippen molar-refractivity contribution in [2.45, 2.75) is 144 Å². The first-order valence-corrected chi connectivity index (χ1v) is 39.9. The van der Waals surface area contributed by atoms with E-state index >= 15 is 4.39 Å². The molecule has 0 saturated heterocycles. The van der Waals surface area contributed by atoms with Gasteiger partial charge >= 0.3 is 6.18 Å². The molecular weight excluding hydrogens is 2420 g/mol. The van der Waals surface area contributed by atoms with Crippen molar-refractivity contribution >= 4 is 53.9 Å². The summed E-state index contributed by atoms with van der Waals surface area (Å²) >= 11 is 0. The molecule has 121 heavy (non-hydrogen) atoms. The van der Waals surface area contributed by atoms with E-state index in [1.807, 2.05) is 85.9 Å². The molecule has 0 fully saturated rings. The van der Waals surface area contributed by atoms with E-state index in [0.29, 0.717) is 69.4 Å². The van der Waals surface area contributed by atoms with Gasteiger partial charge in [0.05, 0.1) is 0 Å². The second kappa shape index (κ2) is 48.9. The van der Waals surface area contributed by atoms with Gasteiger partial charge in [-0.1, -0.05) is 243 Å². The monoisotopic (exact) mass is 2510 g/mol. The standard InChI is InChI=1S/C24H19FN.C21H21FN.C20H20N.C19H14F4N.C19H16F2N.5Ir/c1-2-6-17-11-13-19(14-12-17)20-9-5-10-22(23(20)25)24-21-8-4-3-7-18(21)15-16-26-24;1-2-3-4-5-9-17-11-12-18(15-20(17)22)21-19-10-7-6-8-16(19)13-14-23-21;1-3-4-5-16-7-9-17(10-8-16)20-19-11-6-15(2)14-18(19)12-13-21-20;1-2-3-13-10-14(4-7-17(13)19(21,22)23)18-16-6-5-15(20)11-12(16)8-9-24-18;1-2-3-4-14-11-15(5-8-18(14)21)19-17-7-6-16(20)12-13(17)9-10-22-19;;;;;/h3-5,7-9,11-16H,2,6H2,1H3;6-8,10-11,13-15H,2-5,9H2,1H3;6-9,11-14H,3-5H2,1-2H3;5-11H,2-3H2,1H3;6-12H,2-4H2,1H3;;;;;/q5*-1;;;;;. The Labute approximate surface area is 772 Å². The molecule has 0 aliphatic carbocycles. The smallest absolute Gasteiger partial charge is 0.304 e. The second-order valence-electron chi connectivity index (χ2n) is 28.8. The summed E-state index contributed by atoms with van der Waals surface area (Å²) in [7, 11) is 0. The Morgan fingerprint density at radius 2 is 0.785 bits per heavy atom. The predicted molar refractivity (Wildman–Crippen MR) is 458 cm³/mol. The van der Waals surface area contributed by atoms with Gasteiger partial charge in [-0.2, -0.15) is 13.2 Å². The first-order chi connectivity index (χ1) is 56.4. The Hall–Kier alpha value is -8.84. The van der Waals surface area contributed by atoms with Gasteiger partial charge < -0.3 is 24.9 Å². The van der Waals surface area contributed by atoms with Crippen LogP contribution in [0.2, 0.25) is 0 Å². The van der Waals surface area contributed by atoms with Crippen LogP contribution in [0.4, 0.5) is 35.1 Å². The SMILES string of the molecule is CCCCCCc1c[c-]c(-c2nccc3ccccc23)cc1F.CCCCc1c[c-]c(-c2nccc3cc(C)ccc23)cc1.CCCCc1cc(-c2nccc3cc(F)ccc23)[c-]cc1F.CCCc1cc(-c2nccc3cc(F)ccc23)[c-]cc1C(F)(F)F.CCCc1ccc(-c2cc[c-]c(-c3nccc4ccccc34)c2F)cc1.[Ir].[Ir].[Ir].[Ir].[Ir]. The number of unbranched alkanes of at least 4 members (excludes halogenated alkanes) is 5. The minimum Gasteiger partial charge on any atom is -0.304 e. The number of alkyl halides is 3. The molecule has 0 unspecified atom stereocenters. The third-order valence-corrected chi connectivity index (χ3v) is 20.3. The molecule has 5 radical (unpaired) electrons. The fourth-order valence-corrected chi connectivity index (χ4v) is 14.2. The molecule has 16 rings (SSSR count). The summed E-state index contributed by atoms with van der Waals surface area (Å²) in [5, 5.41) is 9.48. The van der Waals surface area contributed by atoms with Crippen LogP contribution in [0.5, 0.6) is 0 Å². The normalized spacial score (nSPS) is 10.7. The predicted octanol–water partition coefficient (Wildman–Crippen LogP) is 28.9. The number of aromatic nitrogens is 5. The van der Waals surface area contributed by atoms with Crippen LogP contribution >= 0.6 is 0 Å². The molecule has 5 heterocycles. The zero-order valence-electron chi connectivity index (χ0n) is 67.8. The number of aryl methyl sites for hydroxylation is 6. The number of pyridine rings is 5. The molecule has 11 aromatic carbocycles. The number of benzene rings is 11. The molecule has 0 spiro atoms. The summed E-state index contributed by atoms with van der Waals surface area (Å²) in [4.78, 5) is 22.1. The van der Waals surface area contributed by atoms with Crippen molar-refractivity contribution in [2.75, 3.05) is 0 Å². The van der Waals surface area contributed by atoms with Gasteiger partial charge in [0.25, 0.3) is 0 Å². The summed E-state index contributed by atoms with van der Waals surface area (Å²) in [6.45, 7) is 12.6. The molecule has 0 N–H and O–H groups in total. The fourth-order valence-electron chi connectivity index (χ4n) is 14.2. The van der Waals surface area contributed by atoms with Gasteiger partial charge in [0.15, 0.2) is 0 Å². The van der Waals surface area contributed by atoms with Gasteiger partial charge in [0.1, 0.15) is 11.6 Å². The van der Waals surface area contributed by atoms with E-state index in [0.717, 1.165) is 129 Å². The third-order valence-electron chi connectivity index (χ3n) is 20.3. The molecule has 0 aliphatic heterocycles. The van der Waals surface area contributed by atoms with Crippen molar-refractivity contribution in [1.29, 1.82) is 0 Å². The molecule has 0 saturated carbocycles. The Bertz CT molecular complexity index is 6000.